The Hall–Kier alpha value is -0.450. The summed E-state index contributed by atoms with van der Waals surface area (Å²) in [5, 5.41) is 0. The molecule has 0 aromatic carbocycles. The van der Waals surface area contributed by atoms with Gasteiger partial charge >= 0.3 is 0 Å². The average molecular weight is 402 g/mol. The van der Waals surface area contributed by atoms with Crippen molar-refractivity contribution in [2.75, 3.05) is 4.43 Å². The fraction of sp³-hybridized carbons (Fsp3) is 0.667. The summed E-state index contributed by atoms with van der Waals surface area (Å²) in [6.45, 7) is 3.50. The first-order chi connectivity index (χ1) is 10.1. The Bertz CT molecular complexity index is 432. The monoisotopic (exact) mass is 402 g/mol. The zero-order valence-corrected chi connectivity index (χ0v) is 15.5. The minimum absolute atomic E-state index is 0.0114. The number of allylic oxidation sites excluding steroid dienone is 4. The summed E-state index contributed by atoms with van der Waals surface area (Å²) >= 11 is 2.43. The molecule has 0 aromatic heterocycles. The third-order valence-electron chi connectivity index (χ3n) is 4.20. The molecule has 2 nitrogen and oxygen atoms in total. The molecule has 3 heteroatoms. The molecular formula is C18H27IO2. The Morgan fingerprint density at radius 1 is 0.810 bits per heavy atom. The van der Waals surface area contributed by atoms with Gasteiger partial charge in [0.05, 0.1) is 0 Å². The number of hydrogen-bond donors (Lipinski definition) is 0. The predicted molar refractivity (Wildman–Crippen MR) is 96.9 cm³/mol. The van der Waals surface area contributed by atoms with E-state index in [0.717, 1.165) is 19.3 Å². The van der Waals surface area contributed by atoms with Gasteiger partial charge in [-0.05, 0) is 43.6 Å². The lowest BCUT2D eigenvalue weighted by atomic mass is 9.88. The van der Waals surface area contributed by atoms with Crippen LogP contribution in [0.15, 0.2) is 22.8 Å². The van der Waals surface area contributed by atoms with Gasteiger partial charge in [-0.3, -0.25) is 9.59 Å². The molecule has 0 aliphatic heterocycles. The summed E-state index contributed by atoms with van der Waals surface area (Å²) in [7, 11) is 0. The maximum Gasteiger partial charge on any atom is 0.185 e. The van der Waals surface area contributed by atoms with E-state index in [1.165, 1.54) is 43.0 Å². The van der Waals surface area contributed by atoms with E-state index in [1.807, 2.05) is 0 Å². The number of Topliss-reactive ketones (excluding diaryl/α,β-unsaturated/α-hetero) is 1. The van der Waals surface area contributed by atoms with E-state index in [0.29, 0.717) is 16.7 Å². The van der Waals surface area contributed by atoms with Gasteiger partial charge in [0.25, 0.3) is 0 Å². The molecule has 1 rings (SSSR count). The first-order valence-corrected chi connectivity index (χ1v) is 9.63. The highest BCUT2D eigenvalue weighted by molar-refractivity contribution is 14.1. The van der Waals surface area contributed by atoms with Crippen molar-refractivity contribution < 1.29 is 9.59 Å². The lowest BCUT2D eigenvalue weighted by molar-refractivity contribution is -0.116. The van der Waals surface area contributed by atoms with Crippen LogP contribution in [0.5, 0.6) is 0 Å². The Morgan fingerprint density at radius 3 is 1.90 bits per heavy atom. The fourth-order valence-electron chi connectivity index (χ4n) is 2.58. The van der Waals surface area contributed by atoms with Gasteiger partial charge in [-0.2, -0.15) is 0 Å². The summed E-state index contributed by atoms with van der Waals surface area (Å²) in [6.07, 6.45) is 12.4. The SMILES string of the molecule is CC1=C(C)C(=O)C(CCCCCCCCCCI)=CC1=O. The molecule has 118 valence electrons. The fourth-order valence-corrected chi connectivity index (χ4v) is 3.12. The molecule has 0 bridgehead atoms. The summed E-state index contributed by atoms with van der Waals surface area (Å²) in [5.74, 6) is 0.0864. The molecule has 21 heavy (non-hydrogen) atoms. The van der Waals surface area contributed by atoms with E-state index < -0.39 is 0 Å². The van der Waals surface area contributed by atoms with Crippen molar-refractivity contribution >= 4 is 34.2 Å². The molecule has 0 heterocycles. The smallest absolute Gasteiger partial charge is 0.185 e. The quantitative estimate of drug-likeness (QED) is 0.214. The number of alkyl halides is 1. The highest BCUT2D eigenvalue weighted by Crippen LogP contribution is 2.22. The lowest BCUT2D eigenvalue weighted by Crippen LogP contribution is -2.16. The van der Waals surface area contributed by atoms with E-state index in [4.69, 9.17) is 0 Å². The predicted octanol–water partition coefficient (Wildman–Crippen LogP) is 5.35. The highest BCUT2D eigenvalue weighted by Gasteiger charge is 2.22. The van der Waals surface area contributed by atoms with Gasteiger partial charge in [0.2, 0.25) is 0 Å². The normalized spacial score (nSPS) is 15.7. The van der Waals surface area contributed by atoms with Gasteiger partial charge in [0, 0.05) is 16.7 Å². The van der Waals surface area contributed by atoms with Crippen LogP contribution in [0.2, 0.25) is 0 Å². The van der Waals surface area contributed by atoms with Crippen molar-refractivity contribution in [2.45, 2.75) is 71.6 Å². The average Bonchev–Trinajstić information content (AvgIpc) is 2.48. The Morgan fingerprint density at radius 2 is 1.33 bits per heavy atom. The number of carbonyl (C=O) groups excluding carboxylic acids is 2. The number of rotatable bonds is 10. The summed E-state index contributed by atoms with van der Waals surface area (Å²) in [6, 6.07) is 0. The van der Waals surface area contributed by atoms with Crippen molar-refractivity contribution in [1.82, 2.24) is 0 Å². The largest absolute Gasteiger partial charge is 0.290 e. The van der Waals surface area contributed by atoms with Gasteiger partial charge in [0.15, 0.2) is 11.6 Å². The molecular weight excluding hydrogens is 375 g/mol. The van der Waals surface area contributed by atoms with Crippen molar-refractivity contribution in [3.05, 3.63) is 22.8 Å². The summed E-state index contributed by atoms with van der Waals surface area (Å²) < 4.78 is 1.27. The number of unbranched alkanes of at least 4 members (excludes halogenated alkanes) is 7. The van der Waals surface area contributed by atoms with E-state index in [-0.39, 0.29) is 11.6 Å². The molecule has 0 unspecified atom stereocenters. The number of ketones is 2. The van der Waals surface area contributed by atoms with Gasteiger partial charge in [0.1, 0.15) is 0 Å². The summed E-state index contributed by atoms with van der Waals surface area (Å²) in [4.78, 5) is 23.8. The molecule has 0 saturated carbocycles. The second-order valence-corrected chi connectivity index (χ2v) is 6.96. The zero-order valence-electron chi connectivity index (χ0n) is 13.3. The van der Waals surface area contributed by atoms with E-state index in [1.54, 1.807) is 19.9 Å². The summed E-state index contributed by atoms with van der Waals surface area (Å²) in [5.41, 5.74) is 1.95. The molecule has 0 fully saturated rings. The van der Waals surface area contributed by atoms with Crippen molar-refractivity contribution in [2.24, 2.45) is 0 Å². The molecule has 0 saturated heterocycles. The molecule has 0 N–H and O–H groups in total. The number of carbonyl (C=O) groups is 2. The third-order valence-corrected chi connectivity index (χ3v) is 4.96. The first kappa shape index (κ1) is 18.6. The van der Waals surface area contributed by atoms with Crippen molar-refractivity contribution in [3.63, 3.8) is 0 Å². The van der Waals surface area contributed by atoms with Gasteiger partial charge in [-0.25, -0.2) is 0 Å². The molecule has 1 aliphatic rings. The van der Waals surface area contributed by atoms with Crippen LogP contribution < -0.4 is 0 Å². The Labute approximate surface area is 142 Å². The highest BCUT2D eigenvalue weighted by atomic mass is 127. The molecule has 0 atom stereocenters. The van der Waals surface area contributed by atoms with Crippen LogP contribution in [0, 0.1) is 0 Å². The number of hydrogen-bond acceptors (Lipinski definition) is 2. The molecule has 0 amide bonds. The maximum atomic E-state index is 12.1. The lowest BCUT2D eigenvalue weighted by Gasteiger charge is -2.14. The van der Waals surface area contributed by atoms with Crippen LogP contribution in [0.3, 0.4) is 0 Å². The van der Waals surface area contributed by atoms with Crippen LogP contribution in [0.1, 0.15) is 71.6 Å². The molecule has 0 aromatic rings. The second kappa shape index (κ2) is 10.3. The van der Waals surface area contributed by atoms with Crippen LogP contribution >= 0.6 is 22.6 Å². The topological polar surface area (TPSA) is 34.1 Å². The molecule has 0 spiro atoms. The van der Waals surface area contributed by atoms with Gasteiger partial charge in [-0.1, -0.05) is 61.1 Å². The first-order valence-electron chi connectivity index (χ1n) is 8.11. The standard InChI is InChI=1S/C18H27IO2/c1-14-15(2)18(21)16(13-17(14)20)11-9-7-5-3-4-6-8-10-12-19/h13H,3-12H2,1-2H3. The minimum atomic E-state index is 0.0114. The Kier molecular flexibility index (Phi) is 9.13. The van der Waals surface area contributed by atoms with Crippen LogP contribution in [0.25, 0.3) is 0 Å². The second-order valence-electron chi connectivity index (χ2n) is 5.88. The van der Waals surface area contributed by atoms with Crippen molar-refractivity contribution in [3.8, 4) is 0 Å². The van der Waals surface area contributed by atoms with Crippen LogP contribution in [-0.2, 0) is 9.59 Å². The zero-order chi connectivity index (χ0) is 15.7. The third kappa shape index (κ3) is 6.45. The van der Waals surface area contributed by atoms with Gasteiger partial charge in [-0.15, -0.1) is 0 Å². The Balaban J connectivity index is 2.15. The van der Waals surface area contributed by atoms with Crippen LogP contribution in [-0.4, -0.2) is 16.0 Å². The van der Waals surface area contributed by atoms with Crippen LogP contribution in [0.4, 0.5) is 0 Å². The van der Waals surface area contributed by atoms with E-state index >= 15 is 0 Å². The number of halogens is 1. The van der Waals surface area contributed by atoms with Crippen molar-refractivity contribution in [1.29, 1.82) is 0 Å². The molecule has 1 aliphatic carbocycles. The molecule has 0 radical (unpaired) electrons. The maximum absolute atomic E-state index is 12.1. The van der Waals surface area contributed by atoms with E-state index in [9.17, 15) is 9.59 Å². The van der Waals surface area contributed by atoms with Gasteiger partial charge < -0.3 is 0 Å². The van der Waals surface area contributed by atoms with E-state index in [2.05, 4.69) is 22.6 Å². The minimum Gasteiger partial charge on any atom is -0.290 e.